The van der Waals surface area contributed by atoms with Crippen molar-refractivity contribution in [1.82, 2.24) is 4.57 Å². The summed E-state index contributed by atoms with van der Waals surface area (Å²) in [4.78, 5) is 12.3. The van der Waals surface area contributed by atoms with E-state index in [0.717, 1.165) is 46.4 Å². The zero-order valence-corrected chi connectivity index (χ0v) is 22.6. The first-order chi connectivity index (χ1) is 18.4. The van der Waals surface area contributed by atoms with Gasteiger partial charge in [-0.1, -0.05) is 50.2 Å². The molecule has 4 aromatic rings. The van der Waals surface area contributed by atoms with Crippen LogP contribution in [0, 0.1) is 5.92 Å². The summed E-state index contributed by atoms with van der Waals surface area (Å²) >= 11 is 0. The summed E-state index contributed by atoms with van der Waals surface area (Å²) in [6.45, 7) is 4.92. The van der Waals surface area contributed by atoms with Crippen molar-refractivity contribution in [3.63, 3.8) is 0 Å². The Balaban J connectivity index is 1.55. The van der Waals surface area contributed by atoms with Crippen molar-refractivity contribution in [3.05, 3.63) is 95.2 Å². The number of methoxy groups -OCH3 is 2. The van der Waals surface area contributed by atoms with Crippen molar-refractivity contribution >= 4 is 16.9 Å². The highest BCUT2D eigenvalue weighted by Crippen LogP contribution is 2.34. The second-order valence-corrected chi connectivity index (χ2v) is 10.0. The predicted octanol–water partition coefficient (Wildman–Crippen LogP) is 6.06. The predicted molar refractivity (Wildman–Crippen MR) is 150 cm³/mol. The van der Waals surface area contributed by atoms with Crippen LogP contribution in [0.15, 0.2) is 72.9 Å². The number of carbonyl (C=O) groups is 1. The van der Waals surface area contributed by atoms with Gasteiger partial charge < -0.3 is 23.9 Å². The van der Waals surface area contributed by atoms with Crippen LogP contribution in [-0.4, -0.2) is 42.6 Å². The second kappa shape index (κ2) is 12.7. The topological polar surface area (TPSA) is 69.9 Å². The molecular formula is C32H37NO5. The van der Waals surface area contributed by atoms with Crippen LogP contribution in [0.25, 0.3) is 10.9 Å². The number of aromatic nitrogens is 1. The van der Waals surface area contributed by atoms with E-state index in [9.17, 15) is 9.90 Å². The summed E-state index contributed by atoms with van der Waals surface area (Å²) < 4.78 is 19.1. The first-order valence-electron chi connectivity index (χ1n) is 13.1. The van der Waals surface area contributed by atoms with Gasteiger partial charge >= 0.3 is 5.97 Å². The van der Waals surface area contributed by atoms with Gasteiger partial charge in [0.2, 0.25) is 0 Å². The van der Waals surface area contributed by atoms with Crippen LogP contribution in [0.5, 0.6) is 11.5 Å². The summed E-state index contributed by atoms with van der Waals surface area (Å²) in [6, 6.07) is 21.1. The first kappa shape index (κ1) is 27.3. The van der Waals surface area contributed by atoms with Crippen LogP contribution in [0.3, 0.4) is 0 Å². The molecule has 0 radical (unpaired) electrons. The Morgan fingerprint density at radius 1 is 0.947 bits per heavy atom. The number of esters is 1. The Kier molecular flexibility index (Phi) is 9.08. The fourth-order valence-corrected chi connectivity index (χ4v) is 4.72. The number of benzene rings is 3. The molecule has 4 rings (SSSR count). The van der Waals surface area contributed by atoms with E-state index in [4.69, 9.17) is 14.2 Å². The third-order valence-electron chi connectivity index (χ3n) is 6.75. The molecule has 1 N–H and O–H groups in total. The molecule has 200 valence electrons. The van der Waals surface area contributed by atoms with Crippen LogP contribution in [0.1, 0.15) is 47.3 Å². The van der Waals surface area contributed by atoms with Gasteiger partial charge in [-0.25, -0.2) is 4.79 Å². The lowest BCUT2D eigenvalue weighted by atomic mass is 10.00. The number of nitrogens with zero attached hydrogens (tertiary/aromatic N) is 1. The minimum atomic E-state index is -0.828. The van der Waals surface area contributed by atoms with Crippen LogP contribution >= 0.6 is 0 Å². The number of ether oxygens (including phenoxy) is 3. The van der Waals surface area contributed by atoms with Gasteiger partial charge in [0, 0.05) is 23.5 Å². The zero-order chi connectivity index (χ0) is 27.1. The van der Waals surface area contributed by atoms with Gasteiger partial charge in [-0.2, -0.15) is 0 Å². The molecule has 1 atom stereocenters. The maximum atomic E-state index is 12.3. The SMILES string of the molecule is COc1cc(CCC(C)C)cc(OC)c1Cn1cc(CC(O)COC(=O)c2ccccc2)c2ccccc21. The highest BCUT2D eigenvalue weighted by Gasteiger charge is 2.18. The van der Waals surface area contributed by atoms with Gasteiger partial charge in [0.25, 0.3) is 0 Å². The summed E-state index contributed by atoms with van der Waals surface area (Å²) in [5.74, 6) is 1.78. The minimum absolute atomic E-state index is 0.0767. The molecule has 1 aromatic heterocycles. The quantitative estimate of drug-likeness (QED) is 0.232. The monoisotopic (exact) mass is 515 g/mol. The molecule has 0 bridgehead atoms. The largest absolute Gasteiger partial charge is 0.496 e. The highest BCUT2D eigenvalue weighted by atomic mass is 16.5. The normalized spacial score (nSPS) is 12.1. The van der Waals surface area contributed by atoms with E-state index in [1.807, 2.05) is 24.3 Å². The Labute approximate surface area is 224 Å². The Bertz CT molecular complexity index is 1330. The maximum Gasteiger partial charge on any atom is 0.338 e. The van der Waals surface area contributed by atoms with E-state index in [2.05, 4.69) is 42.8 Å². The number of aliphatic hydroxyl groups excluding tert-OH is 1. The van der Waals surface area contributed by atoms with Gasteiger partial charge in [-0.3, -0.25) is 0 Å². The number of carbonyl (C=O) groups excluding carboxylic acids is 1. The maximum absolute atomic E-state index is 12.3. The molecule has 0 saturated heterocycles. The fourth-order valence-electron chi connectivity index (χ4n) is 4.72. The van der Waals surface area contributed by atoms with Crippen molar-refractivity contribution in [2.75, 3.05) is 20.8 Å². The van der Waals surface area contributed by atoms with Crippen LogP contribution in [0.2, 0.25) is 0 Å². The second-order valence-electron chi connectivity index (χ2n) is 10.0. The lowest BCUT2D eigenvalue weighted by Gasteiger charge is -2.17. The zero-order valence-electron chi connectivity index (χ0n) is 22.6. The third kappa shape index (κ3) is 6.56. The molecule has 0 aliphatic carbocycles. The number of para-hydroxylation sites is 1. The van der Waals surface area contributed by atoms with Crippen molar-refractivity contribution in [3.8, 4) is 11.5 Å². The summed E-state index contributed by atoms with van der Waals surface area (Å²) in [6.07, 6.45) is 3.65. The minimum Gasteiger partial charge on any atom is -0.496 e. The summed E-state index contributed by atoms with van der Waals surface area (Å²) in [5, 5.41) is 11.8. The van der Waals surface area contributed by atoms with Crippen LogP contribution in [0.4, 0.5) is 0 Å². The number of hydrogen-bond donors (Lipinski definition) is 1. The average Bonchev–Trinajstić information content (AvgIpc) is 3.28. The Morgan fingerprint density at radius 3 is 2.26 bits per heavy atom. The molecular weight excluding hydrogens is 478 g/mol. The van der Waals surface area contributed by atoms with E-state index in [1.54, 1.807) is 38.5 Å². The van der Waals surface area contributed by atoms with Crippen molar-refractivity contribution in [1.29, 1.82) is 0 Å². The van der Waals surface area contributed by atoms with Crippen molar-refractivity contribution in [2.24, 2.45) is 5.92 Å². The Morgan fingerprint density at radius 2 is 1.61 bits per heavy atom. The molecule has 3 aromatic carbocycles. The summed E-state index contributed by atoms with van der Waals surface area (Å²) in [5.41, 5.74) is 4.66. The molecule has 6 heteroatoms. The Hall–Kier alpha value is -3.77. The number of hydrogen-bond acceptors (Lipinski definition) is 5. The van der Waals surface area contributed by atoms with Crippen LogP contribution in [-0.2, 0) is 24.1 Å². The molecule has 0 saturated carbocycles. The molecule has 1 unspecified atom stereocenters. The first-order valence-corrected chi connectivity index (χ1v) is 13.1. The lowest BCUT2D eigenvalue weighted by molar-refractivity contribution is 0.0259. The molecule has 0 amide bonds. The standard InChI is InChI=1S/C32H37NO5/c1-22(2)14-15-23-16-30(36-3)28(31(17-23)37-4)20-33-19-25(27-12-8-9-13-29(27)33)18-26(34)21-38-32(35)24-10-6-5-7-11-24/h5-13,16-17,19,22,26,34H,14-15,18,20-21H2,1-4H3. The van der Waals surface area contributed by atoms with Crippen molar-refractivity contribution in [2.45, 2.75) is 45.8 Å². The van der Waals surface area contributed by atoms with E-state index < -0.39 is 12.1 Å². The third-order valence-corrected chi connectivity index (χ3v) is 6.75. The molecule has 0 aliphatic rings. The molecule has 38 heavy (non-hydrogen) atoms. The fraction of sp³-hybridized carbons (Fsp3) is 0.344. The molecule has 1 heterocycles. The molecule has 0 spiro atoms. The van der Waals surface area contributed by atoms with Crippen molar-refractivity contribution < 1.29 is 24.1 Å². The van der Waals surface area contributed by atoms with Gasteiger partial charge in [0.05, 0.1) is 38.0 Å². The van der Waals surface area contributed by atoms with E-state index in [1.165, 1.54) is 5.56 Å². The van der Waals surface area contributed by atoms with E-state index >= 15 is 0 Å². The molecule has 6 nitrogen and oxygen atoms in total. The number of aliphatic hydroxyl groups is 1. The molecule has 0 fully saturated rings. The van der Waals surface area contributed by atoms with E-state index in [0.29, 0.717) is 24.4 Å². The van der Waals surface area contributed by atoms with Gasteiger partial charge in [-0.15, -0.1) is 0 Å². The number of aryl methyl sites for hydroxylation is 1. The number of rotatable bonds is 12. The summed E-state index contributed by atoms with van der Waals surface area (Å²) in [7, 11) is 3.38. The van der Waals surface area contributed by atoms with Gasteiger partial charge in [-0.05, 0) is 60.2 Å². The molecule has 0 aliphatic heterocycles. The van der Waals surface area contributed by atoms with Crippen LogP contribution < -0.4 is 9.47 Å². The highest BCUT2D eigenvalue weighted by molar-refractivity contribution is 5.89. The smallest absolute Gasteiger partial charge is 0.338 e. The number of fused-ring (bicyclic) bond motifs is 1. The van der Waals surface area contributed by atoms with Gasteiger partial charge in [0.1, 0.15) is 18.1 Å². The van der Waals surface area contributed by atoms with E-state index in [-0.39, 0.29) is 6.61 Å². The van der Waals surface area contributed by atoms with Gasteiger partial charge in [0.15, 0.2) is 0 Å². The lowest BCUT2D eigenvalue weighted by Crippen LogP contribution is -2.20. The average molecular weight is 516 g/mol.